The third-order valence-electron chi connectivity index (χ3n) is 4.16. The average molecular weight is 481 g/mol. The van der Waals surface area contributed by atoms with Crippen molar-refractivity contribution in [3.05, 3.63) is 59.4 Å². The number of hydrogen-bond donors (Lipinski definition) is 1. The maximum atomic E-state index is 11.9. The van der Waals surface area contributed by atoms with Crippen molar-refractivity contribution in [2.24, 2.45) is 5.41 Å². The summed E-state index contributed by atoms with van der Waals surface area (Å²) in [4.78, 5) is 16.4. The Morgan fingerprint density at radius 3 is 2.70 bits per heavy atom. The molecule has 146 valence electrons. The van der Waals surface area contributed by atoms with Crippen molar-refractivity contribution in [2.45, 2.75) is 41.0 Å². The van der Waals surface area contributed by atoms with Gasteiger partial charge >= 0.3 is 0 Å². The van der Waals surface area contributed by atoms with Gasteiger partial charge in [-0.25, -0.2) is 4.98 Å². The summed E-state index contributed by atoms with van der Waals surface area (Å²) in [5, 5.41) is 2.90. The monoisotopic (exact) mass is 481 g/mol. The summed E-state index contributed by atoms with van der Waals surface area (Å²) in [6, 6.07) is 6.22. The zero-order valence-electron chi connectivity index (χ0n) is 16.7. The quantitative estimate of drug-likeness (QED) is 0.356. The van der Waals surface area contributed by atoms with Gasteiger partial charge in [-0.1, -0.05) is 39.0 Å². The van der Waals surface area contributed by atoms with Crippen LogP contribution in [0.15, 0.2) is 37.0 Å². The molecule has 0 aliphatic carbocycles. The van der Waals surface area contributed by atoms with Crippen molar-refractivity contribution in [1.29, 1.82) is 0 Å². The number of nitrogens with one attached hydrogen (secondary N) is 1. The molecule has 1 aromatic carbocycles. The van der Waals surface area contributed by atoms with Gasteiger partial charge in [0.2, 0.25) is 5.91 Å². The lowest BCUT2D eigenvalue weighted by Crippen LogP contribution is -2.30. The molecule has 0 atom stereocenters. The van der Waals surface area contributed by atoms with Crippen LogP contribution in [-0.2, 0) is 9.53 Å². The Bertz CT molecular complexity index is 819. The molecule has 0 saturated carbocycles. The fraction of sp³-hybridized carbons (Fsp3) is 0.429. The lowest BCUT2D eigenvalue weighted by Gasteiger charge is -2.17. The molecule has 5 nitrogen and oxygen atoms in total. The summed E-state index contributed by atoms with van der Waals surface area (Å²) in [6.07, 6.45) is 5.98. The molecular weight excluding hydrogens is 453 g/mol. The van der Waals surface area contributed by atoms with E-state index in [1.54, 1.807) is 12.6 Å². The van der Waals surface area contributed by atoms with Crippen molar-refractivity contribution in [2.75, 3.05) is 13.2 Å². The smallest absolute Gasteiger partial charge is 0.220 e. The largest absolute Gasteiger partial charge is 0.499 e. The summed E-state index contributed by atoms with van der Waals surface area (Å²) in [5.41, 5.74) is 5.30. The molecule has 2 rings (SSSR count). The minimum atomic E-state index is -0.0149. The van der Waals surface area contributed by atoms with Crippen LogP contribution in [0.5, 0.6) is 0 Å². The number of aromatic nitrogens is 2. The Labute approximate surface area is 175 Å². The van der Waals surface area contributed by atoms with E-state index in [2.05, 4.69) is 79.9 Å². The number of hydrogen-bond acceptors (Lipinski definition) is 3. The molecule has 1 heterocycles. The number of carbonyl (C=O) groups excluding carboxylic acids is 1. The van der Waals surface area contributed by atoms with Gasteiger partial charge in [0, 0.05) is 18.2 Å². The second-order valence-corrected chi connectivity index (χ2v) is 8.95. The second-order valence-electron chi connectivity index (χ2n) is 7.84. The van der Waals surface area contributed by atoms with Gasteiger partial charge in [0.05, 0.1) is 41.4 Å². The number of benzene rings is 1. The van der Waals surface area contributed by atoms with Gasteiger partial charge in [-0.15, -0.1) is 0 Å². The van der Waals surface area contributed by atoms with Crippen molar-refractivity contribution in [3.8, 4) is 0 Å². The van der Waals surface area contributed by atoms with E-state index in [9.17, 15) is 4.79 Å². The van der Waals surface area contributed by atoms with Gasteiger partial charge in [-0.2, -0.15) is 0 Å². The molecule has 0 unspecified atom stereocenters. The molecule has 0 aliphatic rings. The van der Waals surface area contributed by atoms with Gasteiger partial charge < -0.3 is 10.1 Å². The number of imidazole rings is 1. The molecule has 0 fully saturated rings. The summed E-state index contributed by atoms with van der Waals surface area (Å²) in [6.45, 7) is 11.2. The van der Waals surface area contributed by atoms with Crippen LogP contribution < -0.4 is 5.32 Å². The number of amides is 1. The first-order valence-corrected chi connectivity index (χ1v) is 9.99. The SMILES string of the molecule is Cc1cccc(/C(=C/OCCNC(=O)CC(C)(C)C)c2cn(I)cn2)c1C. The maximum absolute atomic E-state index is 11.9. The average Bonchev–Trinajstić information content (AvgIpc) is 2.98. The highest BCUT2D eigenvalue weighted by molar-refractivity contribution is 14.1. The predicted octanol–water partition coefficient (Wildman–Crippen LogP) is 4.66. The summed E-state index contributed by atoms with van der Waals surface area (Å²) in [5.74, 6) is 0.0495. The summed E-state index contributed by atoms with van der Waals surface area (Å²) >= 11 is 2.18. The Kier molecular flexibility index (Phi) is 7.47. The van der Waals surface area contributed by atoms with Gasteiger partial charge in [0.25, 0.3) is 0 Å². The third-order valence-corrected chi connectivity index (χ3v) is 4.69. The maximum Gasteiger partial charge on any atom is 0.220 e. The highest BCUT2D eigenvalue weighted by Gasteiger charge is 2.15. The van der Waals surface area contributed by atoms with Crippen LogP contribution in [0.3, 0.4) is 0 Å². The van der Waals surface area contributed by atoms with E-state index >= 15 is 0 Å². The van der Waals surface area contributed by atoms with Crippen LogP contribution in [0.4, 0.5) is 0 Å². The lowest BCUT2D eigenvalue weighted by atomic mass is 9.92. The lowest BCUT2D eigenvalue weighted by molar-refractivity contribution is -0.122. The third kappa shape index (κ3) is 6.68. The van der Waals surface area contributed by atoms with E-state index < -0.39 is 0 Å². The zero-order chi connectivity index (χ0) is 20.0. The number of ether oxygens (including phenoxy) is 1. The molecule has 1 amide bonds. The van der Waals surface area contributed by atoms with Crippen molar-refractivity contribution in [1.82, 2.24) is 13.1 Å². The normalized spacial score (nSPS) is 12.1. The van der Waals surface area contributed by atoms with Crippen LogP contribution in [0.2, 0.25) is 0 Å². The summed E-state index contributed by atoms with van der Waals surface area (Å²) < 4.78 is 7.65. The molecule has 6 heteroatoms. The first-order valence-electron chi connectivity index (χ1n) is 9.03. The number of halogens is 1. The fourth-order valence-electron chi connectivity index (χ4n) is 2.68. The molecule has 0 aliphatic heterocycles. The molecule has 2 aromatic rings. The van der Waals surface area contributed by atoms with Crippen LogP contribution in [0.1, 0.15) is 49.6 Å². The number of rotatable bonds is 7. The predicted molar refractivity (Wildman–Crippen MR) is 118 cm³/mol. The fourth-order valence-corrected chi connectivity index (χ4v) is 3.07. The highest BCUT2D eigenvalue weighted by Crippen LogP contribution is 2.27. The Hall–Kier alpha value is -1.83. The second kappa shape index (κ2) is 9.39. The van der Waals surface area contributed by atoms with Crippen LogP contribution in [-0.4, -0.2) is 26.8 Å². The minimum absolute atomic E-state index is 0.0149. The molecule has 27 heavy (non-hydrogen) atoms. The van der Waals surface area contributed by atoms with E-state index in [1.807, 2.05) is 15.0 Å². The first-order chi connectivity index (χ1) is 12.7. The topological polar surface area (TPSA) is 56.1 Å². The van der Waals surface area contributed by atoms with Crippen molar-refractivity contribution < 1.29 is 9.53 Å². The van der Waals surface area contributed by atoms with E-state index in [1.165, 1.54) is 11.1 Å². The van der Waals surface area contributed by atoms with Crippen molar-refractivity contribution in [3.63, 3.8) is 0 Å². The van der Waals surface area contributed by atoms with Crippen LogP contribution in [0.25, 0.3) is 5.57 Å². The Balaban J connectivity index is 2.07. The van der Waals surface area contributed by atoms with Crippen LogP contribution >= 0.6 is 22.9 Å². The van der Waals surface area contributed by atoms with Crippen molar-refractivity contribution >= 4 is 34.3 Å². The van der Waals surface area contributed by atoms with Gasteiger partial charge in [-0.3, -0.25) is 7.58 Å². The van der Waals surface area contributed by atoms with E-state index in [4.69, 9.17) is 4.74 Å². The van der Waals surface area contributed by atoms with E-state index in [-0.39, 0.29) is 11.3 Å². The van der Waals surface area contributed by atoms with Gasteiger partial charge in [0.15, 0.2) is 0 Å². The molecule has 0 bridgehead atoms. The van der Waals surface area contributed by atoms with E-state index in [0.717, 1.165) is 16.8 Å². The van der Waals surface area contributed by atoms with E-state index in [0.29, 0.717) is 19.6 Å². The van der Waals surface area contributed by atoms with Gasteiger partial charge in [0.1, 0.15) is 12.9 Å². The zero-order valence-corrected chi connectivity index (χ0v) is 18.8. The number of aryl methyl sites for hydroxylation is 1. The minimum Gasteiger partial charge on any atom is -0.499 e. The first kappa shape index (κ1) is 21.5. The number of carbonyl (C=O) groups is 1. The standard InChI is InChI=1S/C21H28IN3O2/c1-15-7-6-8-17(16(15)2)18(19-12-25(22)14-24-19)13-27-10-9-23-20(26)11-21(3,4)5/h6-8,12-14H,9-11H2,1-5H3,(H,23,26)/b18-13-. The summed E-state index contributed by atoms with van der Waals surface area (Å²) in [7, 11) is 0. The molecule has 0 radical (unpaired) electrons. The molecular formula is C21H28IN3O2. The number of nitrogens with zero attached hydrogens (tertiary/aromatic N) is 2. The molecule has 0 saturated heterocycles. The van der Waals surface area contributed by atoms with Crippen LogP contribution in [0, 0.1) is 19.3 Å². The molecule has 1 aromatic heterocycles. The Morgan fingerprint density at radius 2 is 2.07 bits per heavy atom. The molecule has 0 spiro atoms. The Morgan fingerprint density at radius 1 is 1.33 bits per heavy atom. The highest BCUT2D eigenvalue weighted by atomic mass is 127. The van der Waals surface area contributed by atoms with Gasteiger partial charge in [-0.05, 0) is 36.0 Å². The molecule has 1 N–H and O–H groups in total.